The van der Waals surface area contributed by atoms with E-state index in [1.165, 1.54) is 0 Å². The number of hydrogen-bond donors (Lipinski definition) is 0. The fraction of sp³-hybridized carbons (Fsp3) is 0.250. The molecule has 0 heteroatoms. The zero-order valence-corrected chi connectivity index (χ0v) is 4.88. The molecule has 0 aliphatic heterocycles. The Balaban J connectivity index is 2.51. The third kappa shape index (κ3) is 1.78. The fourth-order valence-corrected chi connectivity index (χ4v) is 0.664. The summed E-state index contributed by atoms with van der Waals surface area (Å²) in [5.74, 6) is 0. The van der Waals surface area contributed by atoms with E-state index in [0.717, 1.165) is 12.8 Å². The van der Waals surface area contributed by atoms with Crippen molar-refractivity contribution in [2.75, 3.05) is 0 Å². The highest BCUT2D eigenvalue weighted by atomic mass is 13.8. The second kappa shape index (κ2) is 3.25. The topological polar surface area (TPSA) is 0 Å². The van der Waals surface area contributed by atoms with Gasteiger partial charge in [0.2, 0.25) is 0 Å². The van der Waals surface area contributed by atoms with Gasteiger partial charge in [0.25, 0.3) is 0 Å². The van der Waals surface area contributed by atoms with Crippen molar-refractivity contribution in [1.82, 2.24) is 0 Å². The van der Waals surface area contributed by atoms with Gasteiger partial charge in [-0.05, 0) is 12.8 Å². The van der Waals surface area contributed by atoms with Crippen molar-refractivity contribution in [3.8, 4) is 0 Å². The molecule has 8 heavy (non-hydrogen) atoms. The quantitative estimate of drug-likeness (QED) is 0.416. The summed E-state index contributed by atoms with van der Waals surface area (Å²) in [6.45, 7) is 0. The van der Waals surface area contributed by atoms with Crippen LogP contribution >= 0.6 is 0 Å². The van der Waals surface area contributed by atoms with Gasteiger partial charge in [-0.2, -0.15) is 0 Å². The minimum atomic E-state index is 1.09. The van der Waals surface area contributed by atoms with E-state index in [9.17, 15) is 0 Å². The van der Waals surface area contributed by atoms with Gasteiger partial charge in [-0.15, -0.1) is 0 Å². The van der Waals surface area contributed by atoms with Crippen molar-refractivity contribution < 1.29 is 0 Å². The summed E-state index contributed by atoms with van der Waals surface area (Å²) in [6.07, 6.45) is 15.0. The van der Waals surface area contributed by atoms with Gasteiger partial charge in [-0.3, -0.25) is 0 Å². The minimum Gasteiger partial charge on any atom is -0.0844 e. The standard InChI is InChI=1S/C8H10/c1-2-4-6-8-7-5-3-1/h1-4,7-8H,5-6H2/b3-1-,4-2-,8-7-. The van der Waals surface area contributed by atoms with Crippen molar-refractivity contribution in [3.05, 3.63) is 36.5 Å². The molecule has 1 rings (SSSR count). The van der Waals surface area contributed by atoms with Crippen LogP contribution in [-0.2, 0) is 0 Å². The zero-order valence-electron chi connectivity index (χ0n) is 4.88. The summed E-state index contributed by atoms with van der Waals surface area (Å²) < 4.78 is 0. The van der Waals surface area contributed by atoms with Crippen molar-refractivity contribution in [2.24, 2.45) is 0 Å². The monoisotopic (exact) mass is 106 g/mol. The van der Waals surface area contributed by atoms with Crippen LogP contribution in [0.2, 0.25) is 0 Å². The van der Waals surface area contributed by atoms with Crippen molar-refractivity contribution in [3.63, 3.8) is 0 Å². The van der Waals surface area contributed by atoms with Crippen molar-refractivity contribution in [2.45, 2.75) is 12.8 Å². The Kier molecular flexibility index (Phi) is 2.18. The highest BCUT2D eigenvalue weighted by molar-refractivity contribution is 5.09. The van der Waals surface area contributed by atoms with E-state index >= 15 is 0 Å². The van der Waals surface area contributed by atoms with E-state index < -0.39 is 0 Å². The second-order valence-electron chi connectivity index (χ2n) is 1.80. The predicted molar refractivity (Wildman–Crippen MR) is 36.7 cm³/mol. The Morgan fingerprint density at radius 1 is 0.625 bits per heavy atom. The summed E-state index contributed by atoms with van der Waals surface area (Å²) in [4.78, 5) is 0. The second-order valence-corrected chi connectivity index (χ2v) is 1.80. The Bertz CT molecular complexity index is 111. The summed E-state index contributed by atoms with van der Waals surface area (Å²) in [5, 5.41) is 0. The highest BCUT2D eigenvalue weighted by Crippen LogP contribution is 1.95. The van der Waals surface area contributed by atoms with Crippen LogP contribution in [-0.4, -0.2) is 0 Å². The molecule has 1 aliphatic carbocycles. The Morgan fingerprint density at radius 3 is 1.62 bits per heavy atom. The molecule has 0 saturated heterocycles. The molecule has 0 atom stereocenters. The smallest absolute Gasteiger partial charge is 0.0166 e. The van der Waals surface area contributed by atoms with Gasteiger partial charge >= 0.3 is 0 Å². The highest BCUT2D eigenvalue weighted by Gasteiger charge is 1.74. The molecule has 0 radical (unpaired) electrons. The molecule has 0 N–H and O–H groups in total. The van der Waals surface area contributed by atoms with E-state index in [0.29, 0.717) is 0 Å². The lowest BCUT2D eigenvalue weighted by molar-refractivity contribution is 1.29. The SMILES string of the molecule is C1=C\C/C=C\C\C=C/1. The Hall–Kier alpha value is -0.780. The first-order valence-electron chi connectivity index (χ1n) is 2.97. The van der Waals surface area contributed by atoms with Crippen LogP contribution < -0.4 is 0 Å². The average molecular weight is 106 g/mol. The molecule has 0 aromatic carbocycles. The maximum absolute atomic E-state index is 2.18. The maximum atomic E-state index is 2.18. The summed E-state index contributed by atoms with van der Waals surface area (Å²) in [5.41, 5.74) is 0. The largest absolute Gasteiger partial charge is 0.0844 e. The lowest BCUT2D eigenvalue weighted by Crippen LogP contribution is -1.64. The van der Waals surface area contributed by atoms with E-state index in [1.807, 2.05) is 0 Å². The minimum absolute atomic E-state index is 1.09. The Labute approximate surface area is 50.2 Å². The molecule has 0 unspecified atom stereocenters. The van der Waals surface area contributed by atoms with E-state index in [4.69, 9.17) is 0 Å². The molecule has 0 fully saturated rings. The Morgan fingerprint density at radius 2 is 1.12 bits per heavy atom. The number of rotatable bonds is 0. The molecule has 0 nitrogen and oxygen atoms in total. The number of allylic oxidation sites excluding steroid dienone is 6. The van der Waals surface area contributed by atoms with Gasteiger partial charge in [0.15, 0.2) is 0 Å². The molecular formula is C8H10. The van der Waals surface area contributed by atoms with Gasteiger partial charge < -0.3 is 0 Å². The van der Waals surface area contributed by atoms with E-state index in [-0.39, 0.29) is 0 Å². The molecule has 0 heterocycles. The van der Waals surface area contributed by atoms with E-state index in [1.54, 1.807) is 0 Å². The third-order valence-corrected chi connectivity index (χ3v) is 1.09. The van der Waals surface area contributed by atoms with Gasteiger partial charge in [-0.1, -0.05) is 36.5 Å². The van der Waals surface area contributed by atoms with Crippen LogP contribution in [0.3, 0.4) is 0 Å². The van der Waals surface area contributed by atoms with E-state index in [2.05, 4.69) is 36.5 Å². The molecule has 0 amide bonds. The average Bonchev–Trinajstić information content (AvgIpc) is 1.62. The summed E-state index contributed by atoms with van der Waals surface area (Å²) in [6, 6.07) is 0. The first-order chi connectivity index (χ1) is 4.00. The van der Waals surface area contributed by atoms with Crippen LogP contribution in [0.15, 0.2) is 36.5 Å². The van der Waals surface area contributed by atoms with Crippen LogP contribution in [0.4, 0.5) is 0 Å². The first kappa shape index (κ1) is 5.36. The summed E-state index contributed by atoms with van der Waals surface area (Å²) >= 11 is 0. The van der Waals surface area contributed by atoms with Gasteiger partial charge in [0, 0.05) is 0 Å². The molecular weight excluding hydrogens is 96.1 g/mol. The maximum Gasteiger partial charge on any atom is -0.0166 e. The van der Waals surface area contributed by atoms with Crippen LogP contribution in [0.25, 0.3) is 0 Å². The van der Waals surface area contributed by atoms with Crippen LogP contribution in [0, 0.1) is 0 Å². The fourth-order valence-electron chi connectivity index (χ4n) is 0.664. The third-order valence-electron chi connectivity index (χ3n) is 1.09. The molecule has 0 spiro atoms. The molecule has 0 saturated carbocycles. The zero-order chi connectivity index (χ0) is 5.66. The van der Waals surface area contributed by atoms with Crippen LogP contribution in [0.5, 0.6) is 0 Å². The van der Waals surface area contributed by atoms with Gasteiger partial charge in [0.1, 0.15) is 0 Å². The lowest BCUT2D eigenvalue weighted by Gasteiger charge is -1.85. The predicted octanol–water partition coefficient (Wildman–Crippen LogP) is 2.45. The summed E-state index contributed by atoms with van der Waals surface area (Å²) in [7, 11) is 0. The first-order valence-corrected chi connectivity index (χ1v) is 2.97. The molecule has 0 aromatic heterocycles. The van der Waals surface area contributed by atoms with Crippen LogP contribution in [0.1, 0.15) is 12.8 Å². The molecule has 1 aliphatic rings. The molecule has 0 bridgehead atoms. The van der Waals surface area contributed by atoms with Gasteiger partial charge in [-0.25, -0.2) is 0 Å². The van der Waals surface area contributed by atoms with Crippen molar-refractivity contribution >= 4 is 0 Å². The molecule has 0 aromatic rings. The normalized spacial score (nSPS) is 30.0. The van der Waals surface area contributed by atoms with Crippen molar-refractivity contribution in [1.29, 1.82) is 0 Å². The van der Waals surface area contributed by atoms with Gasteiger partial charge in [0.05, 0.1) is 0 Å². The molecule has 42 valence electrons. The lowest BCUT2D eigenvalue weighted by atomic mass is 10.2. The number of hydrogen-bond acceptors (Lipinski definition) is 0.